The number of carbonyl (C=O) groups is 1. The maximum Gasteiger partial charge on any atom is 0.335 e. The molecule has 1 aromatic rings. The lowest BCUT2D eigenvalue weighted by atomic mass is 10.1. The van der Waals surface area contributed by atoms with Crippen LogP contribution in [0.15, 0.2) is 23.1 Å². The summed E-state index contributed by atoms with van der Waals surface area (Å²) in [6.45, 7) is 6.03. The van der Waals surface area contributed by atoms with Crippen LogP contribution in [0.25, 0.3) is 0 Å². The highest BCUT2D eigenvalue weighted by atomic mass is 32.2. The first kappa shape index (κ1) is 16.7. The second kappa shape index (κ2) is 6.37. The molecular weight excluding hydrogens is 278 g/mol. The van der Waals surface area contributed by atoms with Gasteiger partial charge < -0.3 is 5.11 Å². The Kier molecular flexibility index (Phi) is 5.30. The molecule has 20 heavy (non-hydrogen) atoms. The second-order valence-electron chi connectivity index (χ2n) is 5.08. The number of hydrogen-bond acceptors (Lipinski definition) is 3. The molecule has 1 atom stereocenters. The van der Waals surface area contributed by atoms with Crippen LogP contribution in [-0.2, 0) is 10.0 Å². The van der Waals surface area contributed by atoms with Crippen molar-refractivity contribution in [1.82, 2.24) is 4.31 Å². The normalized spacial score (nSPS) is 13.4. The molecule has 1 aromatic carbocycles. The minimum absolute atomic E-state index is 0.0167. The molecule has 1 rings (SSSR count). The topological polar surface area (TPSA) is 74.7 Å². The number of benzene rings is 1. The van der Waals surface area contributed by atoms with E-state index in [0.29, 0.717) is 12.1 Å². The summed E-state index contributed by atoms with van der Waals surface area (Å²) in [5.74, 6) is -0.872. The fourth-order valence-corrected chi connectivity index (χ4v) is 3.16. The van der Waals surface area contributed by atoms with Crippen molar-refractivity contribution in [1.29, 1.82) is 0 Å². The largest absolute Gasteiger partial charge is 0.478 e. The molecule has 0 saturated carbocycles. The molecule has 0 amide bonds. The molecule has 0 aliphatic rings. The van der Waals surface area contributed by atoms with Crippen molar-refractivity contribution in [2.24, 2.45) is 5.92 Å². The van der Waals surface area contributed by atoms with Crippen molar-refractivity contribution < 1.29 is 18.3 Å². The monoisotopic (exact) mass is 299 g/mol. The standard InChI is InChI=1S/C14H21NO4S/c1-5-10(2)9-15(4)20(18,19)12-7-6-11(3)13(8-12)14(16)17/h6-8,10H,5,9H2,1-4H3,(H,16,17). The molecule has 0 fully saturated rings. The third kappa shape index (κ3) is 3.58. The lowest BCUT2D eigenvalue weighted by molar-refractivity contribution is 0.0696. The average molecular weight is 299 g/mol. The molecule has 0 aromatic heterocycles. The van der Waals surface area contributed by atoms with E-state index >= 15 is 0 Å². The SMILES string of the molecule is CCC(C)CN(C)S(=O)(=O)c1ccc(C)c(C(=O)O)c1. The highest BCUT2D eigenvalue weighted by Crippen LogP contribution is 2.20. The predicted molar refractivity (Wildman–Crippen MR) is 77.4 cm³/mol. The maximum atomic E-state index is 12.4. The fraction of sp³-hybridized carbons (Fsp3) is 0.500. The molecule has 1 N–H and O–H groups in total. The van der Waals surface area contributed by atoms with Gasteiger partial charge in [-0.05, 0) is 30.5 Å². The number of hydrogen-bond donors (Lipinski definition) is 1. The third-order valence-electron chi connectivity index (χ3n) is 3.41. The zero-order valence-electron chi connectivity index (χ0n) is 12.3. The van der Waals surface area contributed by atoms with Crippen LogP contribution in [0, 0.1) is 12.8 Å². The van der Waals surface area contributed by atoms with Gasteiger partial charge in [-0.15, -0.1) is 0 Å². The van der Waals surface area contributed by atoms with Gasteiger partial charge in [0.1, 0.15) is 0 Å². The summed E-state index contributed by atoms with van der Waals surface area (Å²) in [5.41, 5.74) is 0.559. The minimum atomic E-state index is -3.65. The molecule has 0 spiro atoms. The Hall–Kier alpha value is -1.40. The molecule has 6 heteroatoms. The van der Waals surface area contributed by atoms with Gasteiger partial charge in [0.2, 0.25) is 10.0 Å². The van der Waals surface area contributed by atoms with Gasteiger partial charge in [0.25, 0.3) is 0 Å². The third-order valence-corrected chi connectivity index (χ3v) is 5.23. The summed E-state index contributed by atoms with van der Waals surface area (Å²) in [5, 5.41) is 9.07. The van der Waals surface area contributed by atoms with E-state index in [1.807, 2.05) is 13.8 Å². The van der Waals surface area contributed by atoms with E-state index in [-0.39, 0.29) is 16.4 Å². The Bertz CT molecular complexity index is 595. The van der Waals surface area contributed by atoms with Crippen molar-refractivity contribution in [3.05, 3.63) is 29.3 Å². The van der Waals surface area contributed by atoms with E-state index in [1.165, 1.54) is 29.6 Å². The van der Waals surface area contributed by atoms with Crippen LogP contribution in [0.1, 0.15) is 36.2 Å². The zero-order valence-corrected chi connectivity index (χ0v) is 13.1. The molecule has 0 heterocycles. The second-order valence-corrected chi connectivity index (χ2v) is 7.13. The molecule has 0 bridgehead atoms. The van der Waals surface area contributed by atoms with Gasteiger partial charge in [-0.2, -0.15) is 0 Å². The lowest BCUT2D eigenvalue weighted by Gasteiger charge is -2.20. The van der Waals surface area contributed by atoms with Gasteiger partial charge in [0.15, 0.2) is 0 Å². The Balaban J connectivity index is 3.16. The zero-order chi connectivity index (χ0) is 15.5. The van der Waals surface area contributed by atoms with Crippen LogP contribution < -0.4 is 0 Å². The minimum Gasteiger partial charge on any atom is -0.478 e. The highest BCUT2D eigenvalue weighted by molar-refractivity contribution is 7.89. The summed E-state index contributed by atoms with van der Waals surface area (Å²) >= 11 is 0. The van der Waals surface area contributed by atoms with Crippen LogP contribution in [0.4, 0.5) is 0 Å². The molecule has 0 radical (unpaired) electrons. The number of rotatable bonds is 6. The van der Waals surface area contributed by atoms with Gasteiger partial charge in [-0.25, -0.2) is 17.5 Å². The first-order chi connectivity index (χ1) is 9.20. The molecule has 0 aliphatic heterocycles. The average Bonchev–Trinajstić information content (AvgIpc) is 2.38. The quantitative estimate of drug-likeness (QED) is 0.875. The summed E-state index contributed by atoms with van der Waals surface area (Å²) in [4.78, 5) is 11.1. The molecular formula is C14H21NO4S. The van der Waals surface area contributed by atoms with Crippen molar-refractivity contribution in [3.63, 3.8) is 0 Å². The van der Waals surface area contributed by atoms with Crippen molar-refractivity contribution in [3.8, 4) is 0 Å². The van der Waals surface area contributed by atoms with Gasteiger partial charge in [-0.3, -0.25) is 0 Å². The summed E-state index contributed by atoms with van der Waals surface area (Å²) in [6.07, 6.45) is 0.883. The molecule has 112 valence electrons. The van der Waals surface area contributed by atoms with Gasteiger partial charge >= 0.3 is 5.97 Å². The Morgan fingerprint density at radius 3 is 2.50 bits per heavy atom. The van der Waals surface area contributed by atoms with Crippen LogP contribution in [0.3, 0.4) is 0 Å². The number of aryl methyl sites for hydroxylation is 1. The molecule has 1 unspecified atom stereocenters. The van der Waals surface area contributed by atoms with E-state index in [4.69, 9.17) is 5.11 Å². The van der Waals surface area contributed by atoms with Crippen molar-refractivity contribution >= 4 is 16.0 Å². The Morgan fingerprint density at radius 1 is 1.40 bits per heavy atom. The van der Waals surface area contributed by atoms with E-state index in [2.05, 4.69) is 0 Å². The van der Waals surface area contributed by atoms with Crippen molar-refractivity contribution in [2.45, 2.75) is 32.1 Å². The summed E-state index contributed by atoms with van der Waals surface area (Å²) in [7, 11) is -2.13. The lowest BCUT2D eigenvalue weighted by Crippen LogP contribution is -2.31. The number of aromatic carboxylic acids is 1. The number of carboxylic acid groups (broad SMARTS) is 1. The number of sulfonamides is 1. The fourth-order valence-electron chi connectivity index (χ4n) is 1.84. The Morgan fingerprint density at radius 2 is 2.00 bits per heavy atom. The molecule has 5 nitrogen and oxygen atoms in total. The predicted octanol–water partition coefficient (Wildman–Crippen LogP) is 2.36. The maximum absolute atomic E-state index is 12.4. The smallest absolute Gasteiger partial charge is 0.335 e. The van der Waals surface area contributed by atoms with Crippen LogP contribution >= 0.6 is 0 Å². The van der Waals surface area contributed by atoms with E-state index < -0.39 is 16.0 Å². The summed E-state index contributed by atoms with van der Waals surface area (Å²) in [6, 6.07) is 4.19. The first-order valence-corrected chi connectivity index (χ1v) is 7.94. The molecule has 0 aliphatic carbocycles. The van der Waals surface area contributed by atoms with Crippen molar-refractivity contribution in [2.75, 3.05) is 13.6 Å². The van der Waals surface area contributed by atoms with Crippen LogP contribution in [0.2, 0.25) is 0 Å². The Labute approximate surface area is 120 Å². The highest BCUT2D eigenvalue weighted by Gasteiger charge is 2.23. The van der Waals surface area contributed by atoms with Gasteiger partial charge in [0.05, 0.1) is 10.5 Å². The number of carboxylic acids is 1. The van der Waals surface area contributed by atoms with E-state index in [0.717, 1.165) is 6.42 Å². The van der Waals surface area contributed by atoms with E-state index in [9.17, 15) is 13.2 Å². The summed E-state index contributed by atoms with van der Waals surface area (Å²) < 4.78 is 26.1. The first-order valence-electron chi connectivity index (χ1n) is 6.50. The van der Waals surface area contributed by atoms with Gasteiger partial charge in [-0.1, -0.05) is 26.3 Å². The molecule has 0 saturated heterocycles. The number of nitrogens with zero attached hydrogens (tertiary/aromatic N) is 1. The van der Waals surface area contributed by atoms with Gasteiger partial charge in [0, 0.05) is 13.6 Å². The van der Waals surface area contributed by atoms with Crippen LogP contribution in [-0.4, -0.2) is 37.4 Å². The van der Waals surface area contributed by atoms with E-state index in [1.54, 1.807) is 6.92 Å². The van der Waals surface area contributed by atoms with Crippen LogP contribution in [0.5, 0.6) is 0 Å².